The average molecular weight is 270 g/mol. The molecule has 2 heterocycles. The number of rotatable bonds is 3. The molecule has 1 unspecified atom stereocenters. The Morgan fingerprint density at radius 3 is 3.15 bits per heavy atom. The Balaban J connectivity index is 2.07. The van der Waals surface area contributed by atoms with Gasteiger partial charge in [-0.2, -0.15) is 0 Å². The van der Waals surface area contributed by atoms with E-state index in [4.69, 9.17) is 0 Å². The van der Waals surface area contributed by atoms with Crippen LogP contribution >= 0.6 is 0 Å². The number of nitrogens with one attached hydrogen (secondary N) is 2. The van der Waals surface area contributed by atoms with Crippen LogP contribution in [0.15, 0.2) is 30.7 Å². The molecule has 0 fully saturated rings. The highest BCUT2D eigenvalue weighted by Crippen LogP contribution is 2.35. The zero-order valence-corrected chi connectivity index (χ0v) is 11.7. The number of fused-ring (bicyclic) bond motifs is 1. The predicted molar refractivity (Wildman–Crippen MR) is 78.6 cm³/mol. The number of para-hydroxylation sites is 1. The van der Waals surface area contributed by atoms with Crippen molar-refractivity contribution < 1.29 is 4.79 Å². The molecule has 3 rings (SSSR count). The number of hydrogen-bond donors (Lipinski definition) is 2. The van der Waals surface area contributed by atoms with Crippen molar-refractivity contribution in [3.8, 4) is 11.3 Å². The third-order valence-electron chi connectivity index (χ3n) is 3.83. The quantitative estimate of drug-likeness (QED) is 0.894. The lowest BCUT2D eigenvalue weighted by molar-refractivity contribution is -0.123. The lowest BCUT2D eigenvalue weighted by Crippen LogP contribution is -2.27. The summed E-state index contributed by atoms with van der Waals surface area (Å²) in [6, 6.07) is 5.99. The summed E-state index contributed by atoms with van der Waals surface area (Å²) in [6.07, 6.45) is 4.57. The van der Waals surface area contributed by atoms with Crippen molar-refractivity contribution in [2.24, 2.45) is 0 Å². The SMILES string of the molecule is CNC(=O)C(C)n1cncc1-c1cccc2c1NCC2. The number of benzene rings is 1. The fourth-order valence-electron chi connectivity index (χ4n) is 2.71. The van der Waals surface area contributed by atoms with E-state index in [1.807, 2.05) is 17.7 Å². The molecule has 104 valence electrons. The Kier molecular flexibility index (Phi) is 3.18. The fourth-order valence-corrected chi connectivity index (χ4v) is 2.71. The first-order valence-corrected chi connectivity index (χ1v) is 6.82. The van der Waals surface area contributed by atoms with Gasteiger partial charge in [0.25, 0.3) is 0 Å². The van der Waals surface area contributed by atoms with Gasteiger partial charge in [0, 0.05) is 24.8 Å². The van der Waals surface area contributed by atoms with Crippen LogP contribution in [0.2, 0.25) is 0 Å². The molecule has 2 N–H and O–H groups in total. The van der Waals surface area contributed by atoms with Crippen molar-refractivity contribution in [3.05, 3.63) is 36.3 Å². The minimum absolute atomic E-state index is 0.0233. The van der Waals surface area contributed by atoms with Crippen LogP contribution in [0.3, 0.4) is 0 Å². The molecule has 5 nitrogen and oxygen atoms in total. The van der Waals surface area contributed by atoms with E-state index in [-0.39, 0.29) is 11.9 Å². The van der Waals surface area contributed by atoms with E-state index < -0.39 is 0 Å². The lowest BCUT2D eigenvalue weighted by Gasteiger charge is -2.17. The topological polar surface area (TPSA) is 59.0 Å². The average Bonchev–Trinajstić information content (AvgIpc) is 3.13. The van der Waals surface area contributed by atoms with Crippen LogP contribution in [0.5, 0.6) is 0 Å². The molecular weight excluding hydrogens is 252 g/mol. The third kappa shape index (κ3) is 1.95. The lowest BCUT2D eigenvalue weighted by atomic mass is 10.0. The number of anilines is 1. The van der Waals surface area contributed by atoms with Crippen LogP contribution in [0.25, 0.3) is 11.3 Å². The molecule has 1 aromatic carbocycles. The van der Waals surface area contributed by atoms with Gasteiger partial charge in [-0.1, -0.05) is 18.2 Å². The van der Waals surface area contributed by atoms with Gasteiger partial charge in [0.15, 0.2) is 0 Å². The second-order valence-electron chi connectivity index (χ2n) is 4.99. The summed E-state index contributed by atoms with van der Waals surface area (Å²) in [5.74, 6) is -0.0233. The maximum Gasteiger partial charge on any atom is 0.242 e. The van der Waals surface area contributed by atoms with Crippen LogP contribution in [-0.4, -0.2) is 29.1 Å². The number of carbonyl (C=O) groups excluding carboxylic acids is 1. The molecule has 2 aromatic rings. The Labute approximate surface area is 118 Å². The summed E-state index contributed by atoms with van der Waals surface area (Å²) in [5.41, 5.74) is 4.56. The molecule has 0 saturated carbocycles. The maximum atomic E-state index is 11.9. The molecule has 20 heavy (non-hydrogen) atoms. The largest absolute Gasteiger partial charge is 0.384 e. The third-order valence-corrected chi connectivity index (χ3v) is 3.83. The monoisotopic (exact) mass is 270 g/mol. The summed E-state index contributed by atoms with van der Waals surface area (Å²) in [6.45, 7) is 2.84. The molecule has 0 saturated heterocycles. The molecule has 5 heteroatoms. The number of hydrogen-bond acceptors (Lipinski definition) is 3. The van der Waals surface area contributed by atoms with Gasteiger partial charge in [-0.25, -0.2) is 4.98 Å². The van der Waals surface area contributed by atoms with Gasteiger partial charge in [-0.15, -0.1) is 0 Å². The smallest absolute Gasteiger partial charge is 0.242 e. The minimum Gasteiger partial charge on any atom is -0.384 e. The van der Waals surface area contributed by atoms with E-state index in [2.05, 4.69) is 33.8 Å². The first kappa shape index (κ1) is 12.7. The number of imidazole rings is 1. The standard InChI is InChI=1S/C15H18N4O/c1-10(15(20)16-2)19-9-17-8-13(19)12-5-3-4-11-6-7-18-14(11)12/h3-5,8-10,18H,6-7H2,1-2H3,(H,16,20). The van der Waals surface area contributed by atoms with Crippen molar-refractivity contribution in [2.45, 2.75) is 19.4 Å². The van der Waals surface area contributed by atoms with Crippen LogP contribution in [0.4, 0.5) is 5.69 Å². The summed E-state index contributed by atoms with van der Waals surface area (Å²) < 4.78 is 1.91. The summed E-state index contributed by atoms with van der Waals surface area (Å²) in [4.78, 5) is 16.1. The Morgan fingerprint density at radius 1 is 1.50 bits per heavy atom. The highest BCUT2D eigenvalue weighted by molar-refractivity contribution is 5.83. The maximum absolute atomic E-state index is 11.9. The van der Waals surface area contributed by atoms with E-state index in [1.165, 1.54) is 11.3 Å². The van der Waals surface area contributed by atoms with Crippen molar-refractivity contribution in [1.29, 1.82) is 0 Å². The van der Waals surface area contributed by atoms with E-state index in [0.29, 0.717) is 0 Å². The summed E-state index contributed by atoms with van der Waals surface area (Å²) in [7, 11) is 1.65. The van der Waals surface area contributed by atoms with Gasteiger partial charge in [-0.3, -0.25) is 4.79 Å². The van der Waals surface area contributed by atoms with E-state index in [9.17, 15) is 4.79 Å². The predicted octanol–water partition coefficient (Wildman–Crippen LogP) is 1.83. The first-order chi connectivity index (χ1) is 9.72. The highest BCUT2D eigenvalue weighted by Gasteiger charge is 2.21. The van der Waals surface area contributed by atoms with E-state index >= 15 is 0 Å². The summed E-state index contributed by atoms with van der Waals surface area (Å²) >= 11 is 0. The molecule has 0 bridgehead atoms. The van der Waals surface area contributed by atoms with Gasteiger partial charge >= 0.3 is 0 Å². The highest BCUT2D eigenvalue weighted by atomic mass is 16.2. The fraction of sp³-hybridized carbons (Fsp3) is 0.333. The van der Waals surface area contributed by atoms with E-state index in [1.54, 1.807) is 13.4 Å². The van der Waals surface area contributed by atoms with Crippen molar-refractivity contribution >= 4 is 11.6 Å². The number of amides is 1. The van der Waals surface area contributed by atoms with Gasteiger partial charge in [0.05, 0.1) is 18.2 Å². The zero-order valence-electron chi connectivity index (χ0n) is 11.7. The van der Waals surface area contributed by atoms with E-state index in [0.717, 1.165) is 24.2 Å². The van der Waals surface area contributed by atoms with Crippen LogP contribution in [-0.2, 0) is 11.2 Å². The second-order valence-corrected chi connectivity index (χ2v) is 4.99. The van der Waals surface area contributed by atoms with Crippen molar-refractivity contribution in [2.75, 3.05) is 18.9 Å². The zero-order chi connectivity index (χ0) is 14.1. The molecule has 1 aliphatic rings. The normalized spacial score (nSPS) is 14.5. The molecule has 1 amide bonds. The van der Waals surface area contributed by atoms with Crippen LogP contribution in [0.1, 0.15) is 18.5 Å². The molecule has 1 atom stereocenters. The Morgan fingerprint density at radius 2 is 2.35 bits per heavy atom. The molecule has 0 radical (unpaired) electrons. The second kappa shape index (κ2) is 5.00. The van der Waals surface area contributed by atoms with Crippen molar-refractivity contribution in [1.82, 2.24) is 14.9 Å². The van der Waals surface area contributed by atoms with Gasteiger partial charge in [0.1, 0.15) is 6.04 Å². The Hall–Kier alpha value is -2.30. The molecule has 1 aliphatic heterocycles. The summed E-state index contributed by atoms with van der Waals surface area (Å²) in [5, 5.41) is 6.11. The molecule has 1 aromatic heterocycles. The first-order valence-electron chi connectivity index (χ1n) is 6.82. The van der Waals surface area contributed by atoms with Crippen molar-refractivity contribution in [3.63, 3.8) is 0 Å². The van der Waals surface area contributed by atoms with Gasteiger partial charge in [-0.05, 0) is 18.9 Å². The van der Waals surface area contributed by atoms with Gasteiger partial charge in [0.2, 0.25) is 5.91 Å². The minimum atomic E-state index is -0.283. The Bertz CT molecular complexity index is 647. The number of nitrogens with zero attached hydrogens (tertiary/aromatic N) is 2. The van der Waals surface area contributed by atoms with Crippen LogP contribution < -0.4 is 10.6 Å². The number of aromatic nitrogens is 2. The van der Waals surface area contributed by atoms with Crippen LogP contribution in [0, 0.1) is 0 Å². The number of likely N-dealkylation sites (N-methyl/N-ethyl adjacent to an activating group) is 1. The molecular formula is C15H18N4O. The molecule has 0 spiro atoms. The molecule has 0 aliphatic carbocycles. The van der Waals surface area contributed by atoms with Gasteiger partial charge < -0.3 is 15.2 Å². The number of carbonyl (C=O) groups is 1.